The maximum Gasteiger partial charge on any atom is 0.508 e. The molecule has 0 heterocycles. The molecule has 3 fully saturated rings. The Morgan fingerprint density at radius 3 is 2.74 bits per heavy atom. The molecule has 0 amide bonds. The highest BCUT2D eigenvalue weighted by Gasteiger charge is 2.72. The maximum atomic E-state index is 17.1. The van der Waals surface area contributed by atoms with Gasteiger partial charge in [-0.2, -0.15) is 0 Å². The van der Waals surface area contributed by atoms with Crippen LogP contribution < -0.4 is 0 Å². The molecule has 5 rings (SSSR count). The lowest BCUT2D eigenvalue weighted by atomic mass is 9.44. The second-order valence-electron chi connectivity index (χ2n) is 12.2. The Morgan fingerprint density at radius 1 is 1.26 bits per heavy atom. The fourth-order valence-corrected chi connectivity index (χ4v) is 8.40. The molecule has 1 unspecified atom stereocenters. The number of carbonyl (C=O) groups is 1. The van der Waals surface area contributed by atoms with E-state index in [1.54, 1.807) is 6.07 Å². The number of benzene rings is 1. The molecule has 3 saturated carbocycles. The molecule has 9 heteroatoms. The van der Waals surface area contributed by atoms with Gasteiger partial charge in [0.15, 0.2) is 5.67 Å². The Bertz CT molecular complexity index is 1220. The highest BCUT2D eigenvalue weighted by molar-refractivity contribution is 5.60. The number of aliphatic hydroxyl groups is 2. The van der Waals surface area contributed by atoms with Crippen molar-refractivity contribution in [2.24, 2.45) is 22.7 Å². The first-order valence-electron chi connectivity index (χ1n) is 13.9. The summed E-state index contributed by atoms with van der Waals surface area (Å²) in [7, 11) is 0. The number of nitrogens with zero attached hydrogens (tertiary/aromatic N) is 1. The lowest BCUT2D eigenvalue weighted by molar-refractivity contribution is -0.386. The van der Waals surface area contributed by atoms with E-state index >= 15 is 4.39 Å². The van der Waals surface area contributed by atoms with Gasteiger partial charge in [0, 0.05) is 29.2 Å². The number of alkyl halides is 1. The summed E-state index contributed by atoms with van der Waals surface area (Å²) >= 11 is 0. The third-order valence-corrected chi connectivity index (χ3v) is 10.6. The molecule has 4 aliphatic rings. The van der Waals surface area contributed by atoms with Crippen LogP contribution in [0.5, 0.6) is 0 Å². The Morgan fingerprint density at radius 2 is 2.00 bits per heavy atom. The minimum atomic E-state index is -1.81. The van der Waals surface area contributed by atoms with Crippen LogP contribution in [0.25, 0.3) is 0 Å². The van der Waals surface area contributed by atoms with Gasteiger partial charge in [-0.25, -0.2) is 9.18 Å². The number of halogens is 1. The average molecular weight is 544 g/mol. The van der Waals surface area contributed by atoms with Gasteiger partial charge >= 0.3 is 6.16 Å². The van der Waals surface area contributed by atoms with Crippen LogP contribution in [0.15, 0.2) is 48.1 Å². The maximum absolute atomic E-state index is 17.1. The van der Waals surface area contributed by atoms with Crippen LogP contribution in [-0.4, -0.2) is 45.3 Å². The van der Waals surface area contributed by atoms with Gasteiger partial charge in [-0.1, -0.05) is 42.9 Å². The van der Waals surface area contributed by atoms with Crippen molar-refractivity contribution < 1.29 is 33.8 Å². The number of para-hydroxylation sites is 1. The predicted octanol–water partition coefficient (Wildman–Crippen LogP) is 6.12. The lowest BCUT2D eigenvalue weighted by Gasteiger charge is -2.63. The third kappa shape index (κ3) is 4.11. The van der Waals surface area contributed by atoms with E-state index in [1.807, 2.05) is 26.0 Å². The smallest absolute Gasteiger partial charge is 0.434 e. The molecule has 0 saturated heterocycles. The Balaban J connectivity index is 1.26. The number of nitro groups is 1. The summed E-state index contributed by atoms with van der Waals surface area (Å²) in [6, 6.07) is 6.02. The summed E-state index contributed by atoms with van der Waals surface area (Å²) < 4.78 is 27.7. The molecular formula is C30H38FNO7. The first kappa shape index (κ1) is 27.8. The molecule has 0 bridgehead atoms. The predicted molar refractivity (Wildman–Crippen MR) is 141 cm³/mol. The number of ether oxygens (including phenoxy) is 2. The van der Waals surface area contributed by atoms with Crippen LogP contribution in [-0.2, 0) is 9.47 Å². The van der Waals surface area contributed by atoms with Crippen molar-refractivity contribution in [3.63, 3.8) is 0 Å². The van der Waals surface area contributed by atoms with E-state index in [0.29, 0.717) is 19.3 Å². The topological polar surface area (TPSA) is 119 Å². The molecule has 212 valence electrons. The molecule has 1 aromatic carbocycles. The molecule has 39 heavy (non-hydrogen) atoms. The third-order valence-electron chi connectivity index (χ3n) is 10.6. The van der Waals surface area contributed by atoms with Crippen LogP contribution >= 0.6 is 0 Å². The number of aliphatic hydroxyl groups excluding tert-OH is 1. The molecule has 0 aromatic heterocycles. The van der Waals surface area contributed by atoms with E-state index in [4.69, 9.17) is 9.47 Å². The number of hydrogen-bond acceptors (Lipinski definition) is 7. The monoisotopic (exact) mass is 543 g/mol. The lowest BCUT2D eigenvalue weighted by Crippen LogP contribution is -2.68. The van der Waals surface area contributed by atoms with Gasteiger partial charge in [0.05, 0.1) is 28.8 Å². The normalized spacial score (nSPS) is 39.5. The quantitative estimate of drug-likeness (QED) is 0.192. The van der Waals surface area contributed by atoms with Crippen molar-refractivity contribution in [2.75, 3.05) is 6.61 Å². The summed E-state index contributed by atoms with van der Waals surface area (Å²) in [6.07, 6.45) is 6.38. The van der Waals surface area contributed by atoms with Crippen LogP contribution in [0.1, 0.15) is 77.4 Å². The van der Waals surface area contributed by atoms with Crippen molar-refractivity contribution in [3.8, 4) is 0 Å². The first-order chi connectivity index (χ1) is 18.4. The standard InChI is InChI=1S/C30H38FNO7/c1-19(21-9-4-5-10-24(21)32(36)37)39-26(34)38-17-16-29(35)15-13-22-23-12-11-20-8-6-7-14-27(20,2)30(23,31)25(33)18-28(22,29)3/h4-5,7-10,14,19,22-23,25,33,35H,6,11-13,15-18H2,1-3H3/t19?,22-,23-,25-,27-,28-,29-,30-/m0/s1. The van der Waals surface area contributed by atoms with Crippen LogP contribution in [0.3, 0.4) is 0 Å². The van der Waals surface area contributed by atoms with Crippen molar-refractivity contribution in [2.45, 2.75) is 89.2 Å². The second kappa shape index (κ2) is 9.70. The number of nitro benzene ring substituents is 1. The number of carbonyl (C=O) groups excluding carboxylic acids is 1. The van der Waals surface area contributed by atoms with Gasteiger partial charge < -0.3 is 19.7 Å². The molecule has 0 radical (unpaired) electrons. The highest BCUT2D eigenvalue weighted by Crippen LogP contribution is 2.70. The van der Waals surface area contributed by atoms with Crippen LogP contribution in [0.4, 0.5) is 14.9 Å². The largest absolute Gasteiger partial charge is 0.508 e. The minimum Gasteiger partial charge on any atom is -0.434 e. The zero-order valence-corrected chi connectivity index (χ0v) is 22.8. The van der Waals surface area contributed by atoms with Crippen LogP contribution in [0.2, 0.25) is 0 Å². The summed E-state index contributed by atoms with van der Waals surface area (Å²) in [4.78, 5) is 23.2. The van der Waals surface area contributed by atoms with Crippen molar-refractivity contribution in [1.29, 1.82) is 0 Å². The fraction of sp³-hybridized carbons (Fsp3) is 0.633. The first-order valence-corrected chi connectivity index (χ1v) is 13.9. The zero-order valence-electron chi connectivity index (χ0n) is 22.8. The highest BCUT2D eigenvalue weighted by atomic mass is 19.1. The number of fused-ring (bicyclic) bond motifs is 5. The van der Waals surface area contributed by atoms with Gasteiger partial charge in [-0.3, -0.25) is 10.1 Å². The molecule has 0 aliphatic heterocycles. The summed E-state index contributed by atoms with van der Waals surface area (Å²) in [5.74, 6) is -0.506. The van der Waals surface area contributed by atoms with E-state index in [0.717, 1.165) is 18.4 Å². The molecule has 0 spiro atoms. The summed E-state index contributed by atoms with van der Waals surface area (Å²) in [5, 5.41) is 34.5. The fourth-order valence-electron chi connectivity index (χ4n) is 8.40. The zero-order chi connectivity index (χ0) is 28.2. The van der Waals surface area contributed by atoms with E-state index in [9.17, 15) is 25.1 Å². The van der Waals surface area contributed by atoms with E-state index in [1.165, 1.54) is 25.1 Å². The van der Waals surface area contributed by atoms with Crippen molar-refractivity contribution >= 4 is 11.8 Å². The van der Waals surface area contributed by atoms with Gasteiger partial charge in [0.25, 0.3) is 5.69 Å². The van der Waals surface area contributed by atoms with Gasteiger partial charge in [0.2, 0.25) is 0 Å². The number of hydrogen-bond donors (Lipinski definition) is 2. The molecule has 2 N–H and O–H groups in total. The van der Waals surface area contributed by atoms with Gasteiger partial charge in [-0.15, -0.1) is 0 Å². The molecule has 8 atom stereocenters. The Hall–Kier alpha value is -2.78. The van der Waals surface area contributed by atoms with Gasteiger partial charge in [0.1, 0.15) is 6.10 Å². The minimum absolute atomic E-state index is 0.116. The average Bonchev–Trinajstić information content (AvgIpc) is 3.14. The molecular weight excluding hydrogens is 505 g/mol. The summed E-state index contributed by atoms with van der Waals surface area (Å²) in [5.41, 5.74) is -3.49. The van der Waals surface area contributed by atoms with E-state index in [-0.39, 0.29) is 36.6 Å². The number of allylic oxidation sites excluding steroid dienone is 4. The van der Waals surface area contributed by atoms with Gasteiger partial charge in [-0.05, 0) is 64.4 Å². The number of rotatable bonds is 6. The van der Waals surface area contributed by atoms with E-state index in [2.05, 4.69) is 6.08 Å². The molecule has 8 nitrogen and oxygen atoms in total. The Labute approximate surface area is 228 Å². The van der Waals surface area contributed by atoms with Crippen molar-refractivity contribution in [3.05, 3.63) is 63.7 Å². The summed E-state index contributed by atoms with van der Waals surface area (Å²) in [6.45, 7) is 5.24. The molecule has 1 aromatic rings. The van der Waals surface area contributed by atoms with Crippen LogP contribution in [0, 0.1) is 32.8 Å². The van der Waals surface area contributed by atoms with E-state index < -0.39 is 51.3 Å². The van der Waals surface area contributed by atoms with Crippen molar-refractivity contribution in [1.82, 2.24) is 0 Å². The Kier molecular flexibility index (Phi) is 6.91. The molecule has 4 aliphatic carbocycles. The SMILES string of the molecule is CC(OC(=O)OCC[C@@]1(O)CC[C@H]2[C@@H]3CCC4=CCC=C[C@]4(C)[C@@]3(F)[C@@H](O)C[C@@]21C)c1ccccc1[N+](=O)[O-]. The second-order valence-corrected chi connectivity index (χ2v) is 12.2.